The van der Waals surface area contributed by atoms with Crippen LogP contribution in [-0.2, 0) is 5.92 Å². The van der Waals surface area contributed by atoms with Gasteiger partial charge >= 0.3 is 0 Å². The first-order valence-electron chi connectivity index (χ1n) is 3.90. The van der Waals surface area contributed by atoms with E-state index >= 15 is 0 Å². The molecule has 0 aliphatic heterocycles. The van der Waals surface area contributed by atoms with Gasteiger partial charge in [0.1, 0.15) is 5.82 Å². The second-order valence-corrected chi connectivity index (χ2v) is 2.75. The molecule has 0 atom stereocenters. The standard InChI is InChI=1S/C9H10F3N/c10-8-3-1-2-7(6-8)9(11,12)4-5-13/h1-3,6H,4-5,13H2. The number of nitrogens with two attached hydrogens (primary N) is 1. The maximum Gasteiger partial charge on any atom is 0.274 e. The van der Waals surface area contributed by atoms with Gasteiger partial charge in [-0.15, -0.1) is 0 Å². The fourth-order valence-corrected chi connectivity index (χ4v) is 1.04. The van der Waals surface area contributed by atoms with Crippen molar-refractivity contribution in [2.75, 3.05) is 6.54 Å². The largest absolute Gasteiger partial charge is 0.330 e. The van der Waals surface area contributed by atoms with Crippen molar-refractivity contribution in [3.63, 3.8) is 0 Å². The van der Waals surface area contributed by atoms with Crippen molar-refractivity contribution in [2.45, 2.75) is 12.3 Å². The molecule has 0 aliphatic carbocycles. The normalized spacial score (nSPS) is 11.7. The number of hydrogen-bond acceptors (Lipinski definition) is 1. The Hall–Kier alpha value is -1.03. The molecule has 0 saturated carbocycles. The maximum absolute atomic E-state index is 13.1. The fraction of sp³-hybridized carbons (Fsp3) is 0.333. The highest BCUT2D eigenvalue weighted by Gasteiger charge is 2.30. The highest BCUT2D eigenvalue weighted by molar-refractivity contribution is 5.21. The lowest BCUT2D eigenvalue weighted by Gasteiger charge is -2.15. The second-order valence-electron chi connectivity index (χ2n) is 2.75. The van der Waals surface area contributed by atoms with Crippen LogP contribution in [0, 0.1) is 5.82 Å². The Morgan fingerprint density at radius 3 is 2.54 bits per heavy atom. The van der Waals surface area contributed by atoms with Gasteiger partial charge in [-0.25, -0.2) is 13.2 Å². The summed E-state index contributed by atoms with van der Waals surface area (Å²) in [5.74, 6) is -3.69. The molecule has 0 heterocycles. The van der Waals surface area contributed by atoms with Gasteiger partial charge in [0.15, 0.2) is 0 Å². The number of halogens is 3. The van der Waals surface area contributed by atoms with Crippen LogP contribution in [0.4, 0.5) is 13.2 Å². The summed E-state index contributed by atoms with van der Waals surface area (Å²) in [7, 11) is 0. The van der Waals surface area contributed by atoms with Crippen molar-refractivity contribution >= 4 is 0 Å². The zero-order valence-corrected chi connectivity index (χ0v) is 6.93. The average molecular weight is 189 g/mol. The molecular formula is C9H10F3N. The molecule has 0 amide bonds. The van der Waals surface area contributed by atoms with Crippen molar-refractivity contribution < 1.29 is 13.2 Å². The Morgan fingerprint density at radius 2 is 2.00 bits per heavy atom. The third kappa shape index (κ3) is 2.45. The van der Waals surface area contributed by atoms with Gasteiger partial charge in [-0.2, -0.15) is 0 Å². The van der Waals surface area contributed by atoms with Gasteiger partial charge in [-0.3, -0.25) is 0 Å². The molecule has 1 aromatic carbocycles. The van der Waals surface area contributed by atoms with Crippen molar-refractivity contribution in [3.05, 3.63) is 35.6 Å². The Morgan fingerprint density at radius 1 is 1.31 bits per heavy atom. The van der Waals surface area contributed by atoms with Gasteiger partial charge in [0.25, 0.3) is 5.92 Å². The van der Waals surface area contributed by atoms with Crippen LogP contribution in [-0.4, -0.2) is 6.54 Å². The highest BCUT2D eigenvalue weighted by Crippen LogP contribution is 2.30. The van der Waals surface area contributed by atoms with Crippen LogP contribution in [0.1, 0.15) is 12.0 Å². The van der Waals surface area contributed by atoms with E-state index in [1.54, 1.807) is 0 Å². The van der Waals surface area contributed by atoms with Gasteiger partial charge in [0, 0.05) is 12.0 Å². The minimum absolute atomic E-state index is 0.122. The van der Waals surface area contributed by atoms with Gasteiger partial charge in [-0.1, -0.05) is 12.1 Å². The first kappa shape index (κ1) is 10.1. The molecule has 1 nitrogen and oxygen atoms in total. The van der Waals surface area contributed by atoms with Crippen LogP contribution in [0.3, 0.4) is 0 Å². The predicted molar refractivity (Wildman–Crippen MR) is 44.0 cm³/mol. The lowest BCUT2D eigenvalue weighted by Crippen LogP contribution is -2.18. The summed E-state index contributed by atoms with van der Waals surface area (Å²) in [5.41, 5.74) is 4.69. The van der Waals surface area contributed by atoms with E-state index in [-0.39, 0.29) is 12.1 Å². The summed E-state index contributed by atoms with van der Waals surface area (Å²) < 4.78 is 38.8. The fourth-order valence-electron chi connectivity index (χ4n) is 1.04. The lowest BCUT2D eigenvalue weighted by atomic mass is 10.1. The summed E-state index contributed by atoms with van der Waals surface area (Å²) in [4.78, 5) is 0. The van der Waals surface area contributed by atoms with Gasteiger partial charge in [0.05, 0.1) is 0 Å². The zero-order chi connectivity index (χ0) is 9.90. The molecule has 0 aliphatic rings. The van der Waals surface area contributed by atoms with Crippen LogP contribution >= 0.6 is 0 Å². The topological polar surface area (TPSA) is 26.0 Å². The molecule has 0 spiro atoms. The van der Waals surface area contributed by atoms with E-state index in [0.717, 1.165) is 12.1 Å². The van der Waals surface area contributed by atoms with E-state index in [4.69, 9.17) is 5.73 Å². The SMILES string of the molecule is NCCC(F)(F)c1cccc(F)c1. The molecule has 2 N–H and O–H groups in total. The van der Waals surface area contributed by atoms with Crippen LogP contribution in [0.2, 0.25) is 0 Å². The minimum atomic E-state index is -3.03. The molecule has 13 heavy (non-hydrogen) atoms. The Kier molecular flexibility index (Phi) is 2.93. The zero-order valence-electron chi connectivity index (χ0n) is 6.93. The molecule has 72 valence electrons. The molecular weight excluding hydrogens is 179 g/mol. The van der Waals surface area contributed by atoms with Crippen molar-refractivity contribution in [1.29, 1.82) is 0 Å². The van der Waals surface area contributed by atoms with Crippen molar-refractivity contribution in [1.82, 2.24) is 0 Å². The molecule has 0 saturated heterocycles. The van der Waals surface area contributed by atoms with E-state index in [9.17, 15) is 13.2 Å². The van der Waals surface area contributed by atoms with Gasteiger partial charge < -0.3 is 5.73 Å². The van der Waals surface area contributed by atoms with Gasteiger partial charge in [-0.05, 0) is 18.7 Å². The summed E-state index contributed by atoms with van der Waals surface area (Å²) in [5, 5.41) is 0. The Bertz CT molecular complexity index is 286. The molecule has 4 heteroatoms. The first-order chi connectivity index (χ1) is 6.06. The number of benzene rings is 1. The summed E-state index contributed by atoms with van der Waals surface area (Å²) in [6.45, 7) is -0.122. The Labute approximate surface area is 74.4 Å². The molecule has 1 rings (SSSR count). The lowest BCUT2D eigenvalue weighted by molar-refractivity contribution is -0.0110. The van der Waals surface area contributed by atoms with Crippen LogP contribution < -0.4 is 5.73 Å². The molecule has 0 unspecified atom stereocenters. The maximum atomic E-state index is 13.1. The predicted octanol–water partition coefficient (Wildman–Crippen LogP) is 2.27. The summed E-state index contributed by atoms with van der Waals surface area (Å²) in [6.07, 6.45) is -0.462. The van der Waals surface area contributed by atoms with Crippen LogP contribution in [0.15, 0.2) is 24.3 Å². The molecule has 0 fully saturated rings. The second kappa shape index (κ2) is 3.79. The molecule has 0 radical (unpaired) electrons. The number of hydrogen-bond donors (Lipinski definition) is 1. The van der Waals surface area contributed by atoms with E-state index in [2.05, 4.69) is 0 Å². The van der Waals surface area contributed by atoms with Crippen LogP contribution in [0.25, 0.3) is 0 Å². The quantitative estimate of drug-likeness (QED) is 0.775. The first-order valence-corrected chi connectivity index (χ1v) is 3.90. The smallest absolute Gasteiger partial charge is 0.274 e. The van der Waals surface area contributed by atoms with Crippen molar-refractivity contribution in [3.8, 4) is 0 Å². The third-order valence-electron chi connectivity index (χ3n) is 1.71. The summed E-state index contributed by atoms with van der Waals surface area (Å²) >= 11 is 0. The highest BCUT2D eigenvalue weighted by atomic mass is 19.3. The molecule has 1 aromatic rings. The minimum Gasteiger partial charge on any atom is -0.330 e. The summed E-state index contributed by atoms with van der Waals surface area (Å²) in [6, 6.07) is 4.41. The monoisotopic (exact) mass is 189 g/mol. The van der Waals surface area contributed by atoms with E-state index < -0.39 is 18.2 Å². The van der Waals surface area contributed by atoms with E-state index in [0.29, 0.717) is 0 Å². The number of rotatable bonds is 3. The Balaban J connectivity index is 2.93. The van der Waals surface area contributed by atoms with E-state index in [1.807, 2.05) is 0 Å². The van der Waals surface area contributed by atoms with E-state index in [1.165, 1.54) is 12.1 Å². The average Bonchev–Trinajstić information content (AvgIpc) is 2.04. The van der Waals surface area contributed by atoms with Crippen molar-refractivity contribution in [2.24, 2.45) is 5.73 Å². The molecule has 0 bridgehead atoms. The van der Waals surface area contributed by atoms with Crippen LogP contribution in [0.5, 0.6) is 0 Å². The third-order valence-corrected chi connectivity index (χ3v) is 1.71. The molecule has 0 aromatic heterocycles. The number of alkyl halides is 2. The van der Waals surface area contributed by atoms with Gasteiger partial charge in [0.2, 0.25) is 0 Å².